The van der Waals surface area contributed by atoms with Crippen molar-refractivity contribution in [1.82, 2.24) is 4.90 Å². The van der Waals surface area contributed by atoms with Crippen molar-refractivity contribution in [3.05, 3.63) is 23.8 Å². The van der Waals surface area contributed by atoms with Gasteiger partial charge in [0.2, 0.25) is 11.8 Å². The predicted octanol–water partition coefficient (Wildman–Crippen LogP) is 3.28. The Bertz CT molecular complexity index is 623. The first-order valence-electron chi connectivity index (χ1n) is 9.29. The van der Waals surface area contributed by atoms with Gasteiger partial charge in [0.05, 0.1) is 5.92 Å². The average Bonchev–Trinajstić information content (AvgIpc) is 2.91. The Morgan fingerprint density at radius 1 is 1.32 bits per heavy atom. The van der Waals surface area contributed by atoms with Crippen molar-refractivity contribution >= 4 is 23.2 Å². The van der Waals surface area contributed by atoms with Crippen molar-refractivity contribution in [3.8, 4) is 0 Å². The first-order valence-corrected chi connectivity index (χ1v) is 9.29. The van der Waals surface area contributed by atoms with E-state index in [-0.39, 0.29) is 17.7 Å². The van der Waals surface area contributed by atoms with Crippen LogP contribution in [0.25, 0.3) is 0 Å². The van der Waals surface area contributed by atoms with Gasteiger partial charge in [0.15, 0.2) is 0 Å². The van der Waals surface area contributed by atoms with E-state index < -0.39 is 0 Å². The van der Waals surface area contributed by atoms with E-state index in [9.17, 15) is 9.59 Å². The fraction of sp³-hybridized carbons (Fsp3) is 0.600. The minimum Gasteiger partial charge on any atom is -0.372 e. The van der Waals surface area contributed by atoms with E-state index in [2.05, 4.69) is 44.0 Å². The number of likely N-dealkylation sites (tertiary alicyclic amines) is 1. The van der Waals surface area contributed by atoms with E-state index >= 15 is 0 Å². The molecule has 1 aromatic carbocycles. The summed E-state index contributed by atoms with van der Waals surface area (Å²) in [6, 6.07) is 6.11. The lowest BCUT2D eigenvalue weighted by molar-refractivity contribution is -0.128. The van der Waals surface area contributed by atoms with Crippen molar-refractivity contribution in [2.24, 2.45) is 11.8 Å². The molecule has 1 saturated heterocycles. The van der Waals surface area contributed by atoms with E-state index in [1.807, 2.05) is 24.0 Å². The summed E-state index contributed by atoms with van der Waals surface area (Å²) in [5, 5.41) is 3.01. The molecule has 1 atom stereocenters. The van der Waals surface area contributed by atoms with Gasteiger partial charge in [0, 0.05) is 44.0 Å². The molecular formula is C20H31N3O2. The zero-order valence-electron chi connectivity index (χ0n) is 16.1. The molecule has 1 heterocycles. The summed E-state index contributed by atoms with van der Waals surface area (Å²) in [5.74, 6) is 0.189. The molecule has 1 aliphatic heterocycles. The van der Waals surface area contributed by atoms with Gasteiger partial charge in [-0.05, 0) is 50.5 Å². The average molecular weight is 345 g/mol. The molecular weight excluding hydrogens is 314 g/mol. The third-order valence-corrected chi connectivity index (χ3v) is 4.77. The first kappa shape index (κ1) is 19.3. The van der Waals surface area contributed by atoms with Crippen LogP contribution in [0.2, 0.25) is 0 Å². The van der Waals surface area contributed by atoms with Crippen molar-refractivity contribution in [2.75, 3.05) is 36.4 Å². The smallest absolute Gasteiger partial charge is 0.229 e. The van der Waals surface area contributed by atoms with Crippen LogP contribution in [-0.2, 0) is 9.59 Å². The highest BCUT2D eigenvalue weighted by Gasteiger charge is 2.34. The van der Waals surface area contributed by atoms with Gasteiger partial charge < -0.3 is 15.1 Å². The van der Waals surface area contributed by atoms with Gasteiger partial charge in [-0.15, -0.1) is 0 Å². The lowest BCUT2D eigenvalue weighted by Gasteiger charge is -2.22. The van der Waals surface area contributed by atoms with Crippen LogP contribution in [0.3, 0.4) is 0 Å². The fourth-order valence-electron chi connectivity index (χ4n) is 3.37. The quantitative estimate of drug-likeness (QED) is 0.825. The third kappa shape index (κ3) is 4.74. The van der Waals surface area contributed by atoms with Gasteiger partial charge in [-0.1, -0.05) is 13.8 Å². The molecule has 1 unspecified atom stereocenters. The summed E-state index contributed by atoms with van der Waals surface area (Å²) in [6.45, 7) is 13.6. The minimum absolute atomic E-state index is 0.0571. The van der Waals surface area contributed by atoms with Gasteiger partial charge in [0.1, 0.15) is 0 Å². The van der Waals surface area contributed by atoms with E-state index in [4.69, 9.17) is 0 Å². The molecule has 1 aromatic rings. The van der Waals surface area contributed by atoms with Crippen LogP contribution in [0.15, 0.2) is 18.2 Å². The number of nitrogens with one attached hydrogen (secondary N) is 1. The summed E-state index contributed by atoms with van der Waals surface area (Å²) in [6.07, 6.45) is 0.315. The topological polar surface area (TPSA) is 52.7 Å². The largest absolute Gasteiger partial charge is 0.372 e. The van der Waals surface area contributed by atoms with Crippen LogP contribution in [0, 0.1) is 18.8 Å². The highest BCUT2D eigenvalue weighted by Crippen LogP contribution is 2.25. The second kappa shape index (κ2) is 8.37. The predicted molar refractivity (Wildman–Crippen MR) is 103 cm³/mol. The number of carbonyl (C=O) groups excluding carboxylic acids is 2. The molecule has 1 aliphatic rings. The van der Waals surface area contributed by atoms with E-state index in [1.165, 1.54) is 5.69 Å². The second-order valence-corrected chi connectivity index (χ2v) is 7.25. The SMILES string of the molecule is CCN(CC)c1ccc(NC(=O)C2CC(=O)N(CC(C)C)C2)c(C)c1. The molecule has 2 amide bonds. The van der Waals surface area contributed by atoms with Crippen LogP contribution in [0.5, 0.6) is 0 Å². The van der Waals surface area contributed by atoms with E-state index in [0.717, 1.165) is 30.9 Å². The molecule has 138 valence electrons. The van der Waals surface area contributed by atoms with Gasteiger partial charge in [0.25, 0.3) is 0 Å². The number of hydrogen-bond donors (Lipinski definition) is 1. The van der Waals surface area contributed by atoms with Crippen molar-refractivity contribution in [1.29, 1.82) is 0 Å². The molecule has 25 heavy (non-hydrogen) atoms. The number of benzene rings is 1. The number of anilines is 2. The summed E-state index contributed by atoms with van der Waals surface area (Å²) >= 11 is 0. The van der Waals surface area contributed by atoms with Crippen molar-refractivity contribution in [3.63, 3.8) is 0 Å². The summed E-state index contributed by atoms with van der Waals surface area (Å²) in [5.41, 5.74) is 3.04. The van der Waals surface area contributed by atoms with Crippen LogP contribution >= 0.6 is 0 Å². The number of nitrogens with zero attached hydrogens (tertiary/aromatic N) is 2. The Hall–Kier alpha value is -2.04. The Balaban J connectivity index is 2.02. The van der Waals surface area contributed by atoms with Crippen molar-refractivity contribution in [2.45, 2.75) is 41.0 Å². The molecule has 2 rings (SSSR count). The fourth-order valence-corrected chi connectivity index (χ4v) is 3.37. The highest BCUT2D eigenvalue weighted by molar-refractivity contribution is 5.97. The number of hydrogen-bond acceptors (Lipinski definition) is 3. The molecule has 0 bridgehead atoms. The van der Waals surface area contributed by atoms with Gasteiger partial charge in [-0.25, -0.2) is 0 Å². The molecule has 5 nitrogen and oxygen atoms in total. The van der Waals surface area contributed by atoms with E-state index in [0.29, 0.717) is 18.9 Å². The highest BCUT2D eigenvalue weighted by atomic mass is 16.2. The van der Waals surface area contributed by atoms with Crippen LogP contribution in [-0.4, -0.2) is 42.9 Å². The zero-order chi connectivity index (χ0) is 18.6. The maximum atomic E-state index is 12.6. The number of carbonyl (C=O) groups is 2. The molecule has 0 radical (unpaired) electrons. The third-order valence-electron chi connectivity index (χ3n) is 4.77. The lowest BCUT2D eigenvalue weighted by atomic mass is 10.1. The minimum atomic E-state index is -0.256. The van der Waals surface area contributed by atoms with Crippen LogP contribution in [0.1, 0.15) is 39.7 Å². The standard InChI is InChI=1S/C20H31N3O2/c1-6-22(7-2)17-8-9-18(15(5)10-17)21-20(25)16-11-19(24)23(13-16)12-14(3)4/h8-10,14,16H,6-7,11-13H2,1-5H3,(H,21,25). The summed E-state index contributed by atoms with van der Waals surface area (Å²) in [7, 11) is 0. The molecule has 0 spiro atoms. The normalized spacial score (nSPS) is 17.3. The van der Waals surface area contributed by atoms with Crippen molar-refractivity contribution < 1.29 is 9.59 Å². The Labute approximate surface area is 151 Å². The molecule has 1 N–H and O–H groups in total. The molecule has 0 saturated carbocycles. The molecule has 0 aliphatic carbocycles. The van der Waals surface area contributed by atoms with E-state index in [1.54, 1.807) is 0 Å². The maximum absolute atomic E-state index is 12.6. The Morgan fingerprint density at radius 2 is 2.00 bits per heavy atom. The first-order chi connectivity index (χ1) is 11.8. The second-order valence-electron chi connectivity index (χ2n) is 7.25. The maximum Gasteiger partial charge on any atom is 0.229 e. The molecule has 1 fully saturated rings. The Kier molecular flexibility index (Phi) is 6.45. The number of amides is 2. The van der Waals surface area contributed by atoms with Crippen LogP contribution < -0.4 is 10.2 Å². The number of rotatable bonds is 7. The lowest BCUT2D eigenvalue weighted by Crippen LogP contribution is -2.31. The monoisotopic (exact) mass is 345 g/mol. The van der Waals surface area contributed by atoms with Gasteiger partial charge in [-0.2, -0.15) is 0 Å². The van der Waals surface area contributed by atoms with Gasteiger partial charge >= 0.3 is 0 Å². The summed E-state index contributed by atoms with van der Waals surface area (Å²) in [4.78, 5) is 28.7. The number of aryl methyl sites for hydroxylation is 1. The molecule has 0 aromatic heterocycles. The summed E-state index contributed by atoms with van der Waals surface area (Å²) < 4.78 is 0. The molecule has 5 heteroatoms. The van der Waals surface area contributed by atoms with Crippen LogP contribution in [0.4, 0.5) is 11.4 Å². The Morgan fingerprint density at radius 3 is 2.56 bits per heavy atom. The zero-order valence-corrected chi connectivity index (χ0v) is 16.1. The van der Waals surface area contributed by atoms with Gasteiger partial charge in [-0.3, -0.25) is 9.59 Å².